The second-order valence-electron chi connectivity index (χ2n) is 5.21. The molecule has 4 rings (SSSR count). The van der Waals surface area contributed by atoms with E-state index in [9.17, 15) is 0 Å². The molecule has 2 heterocycles. The van der Waals surface area contributed by atoms with E-state index < -0.39 is 0 Å². The first-order valence-corrected chi connectivity index (χ1v) is 6.96. The lowest BCUT2D eigenvalue weighted by atomic mass is 10.2. The Labute approximate surface area is 127 Å². The molecule has 0 fully saturated rings. The molecule has 0 amide bonds. The third kappa shape index (κ3) is 1.95. The summed E-state index contributed by atoms with van der Waals surface area (Å²) in [5.41, 5.74) is 9.32. The molecule has 2 aromatic heterocycles. The number of hydrogen-bond acceptors (Lipinski definition) is 4. The number of aryl methyl sites for hydroxylation is 1. The van der Waals surface area contributed by atoms with Crippen molar-refractivity contribution in [1.82, 2.24) is 14.8 Å². The first-order chi connectivity index (χ1) is 10.7. The second kappa shape index (κ2) is 4.73. The fourth-order valence-corrected chi connectivity index (χ4v) is 2.59. The van der Waals surface area contributed by atoms with Gasteiger partial charge < -0.3 is 14.7 Å². The lowest BCUT2D eigenvalue weighted by Crippen LogP contribution is -1.83. The van der Waals surface area contributed by atoms with Crippen molar-refractivity contribution in [1.29, 1.82) is 0 Å². The van der Waals surface area contributed by atoms with E-state index in [0.717, 1.165) is 22.0 Å². The fraction of sp³-hybridized carbons (Fsp3) is 0.0588. The summed E-state index contributed by atoms with van der Waals surface area (Å²) in [5.74, 6) is 1.01. The molecule has 0 aliphatic heterocycles. The standard InChI is InChI=1S/C17H14N4O/c1-21-10-14(13-4-2-3-5-15(13)21)17-20-19-16(22-17)11-6-8-12(18)9-7-11/h2-10H,18H2,1H3. The molecule has 0 unspecified atom stereocenters. The van der Waals surface area contributed by atoms with E-state index >= 15 is 0 Å². The molecule has 5 nitrogen and oxygen atoms in total. The Kier molecular flexibility index (Phi) is 2.72. The van der Waals surface area contributed by atoms with Crippen molar-refractivity contribution in [3.05, 3.63) is 54.7 Å². The highest BCUT2D eigenvalue weighted by Crippen LogP contribution is 2.31. The highest BCUT2D eigenvalue weighted by atomic mass is 16.4. The lowest BCUT2D eigenvalue weighted by molar-refractivity contribution is 0.585. The smallest absolute Gasteiger partial charge is 0.250 e. The summed E-state index contributed by atoms with van der Waals surface area (Å²) in [6.07, 6.45) is 2.00. The van der Waals surface area contributed by atoms with E-state index in [1.165, 1.54) is 0 Å². The number of fused-ring (bicyclic) bond motifs is 1. The summed E-state index contributed by atoms with van der Waals surface area (Å²) < 4.78 is 7.89. The Morgan fingerprint density at radius 1 is 0.955 bits per heavy atom. The fourth-order valence-electron chi connectivity index (χ4n) is 2.59. The van der Waals surface area contributed by atoms with Crippen LogP contribution in [-0.4, -0.2) is 14.8 Å². The summed E-state index contributed by atoms with van der Waals surface area (Å²) in [6, 6.07) is 15.5. The minimum absolute atomic E-state index is 0.489. The summed E-state index contributed by atoms with van der Waals surface area (Å²) in [5, 5.41) is 9.42. The van der Waals surface area contributed by atoms with Crippen molar-refractivity contribution in [3.8, 4) is 22.9 Å². The molecule has 0 bridgehead atoms. The van der Waals surface area contributed by atoms with Gasteiger partial charge in [0.1, 0.15) is 0 Å². The zero-order valence-corrected chi connectivity index (χ0v) is 12.0. The number of para-hydroxylation sites is 1. The van der Waals surface area contributed by atoms with Crippen molar-refractivity contribution in [3.63, 3.8) is 0 Å². The van der Waals surface area contributed by atoms with Crippen LogP contribution in [0.5, 0.6) is 0 Å². The van der Waals surface area contributed by atoms with E-state index in [4.69, 9.17) is 10.2 Å². The predicted octanol–water partition coefficient (Wildman–Crippen LogP) is 3.48. The number of nitrogens with zero attached hydrogens (tertiary/aromatic N) is 3. The molecule has 0 spiro atoms. The molecule has 0 aliphatic rings. The minimum Gasteiger partial charge on any atom is -0.416 e. The van der Waals surface area contributed by atoms with Crippen LogP contribution >= 0.6 is 0 Å². The lowest BCUT2D eigenvalue weighted by Gasteiger charge is -1.95. The van der Waals surface area contributed by atoms with Gasteiger partial charge in [-0.15, -0.1) is 10.2 Å². The summed E-state index contributed by atoms with van der Waals surface area (Å²) in [6.45, 7) is 0. The average molecular weight is 290 g/mol. The van der Waals surface area contributed by atoms with Gasteiger partial charge in [0.05, 0.1) is 5.56 Å². The quantitative estimate of drug-likeness (QED) is 0.574. The topological polar surface area (TPSA) is 69.9 Å². The number of aromatic nitrogens is 3. The molecule has 0 aliphatic carbocycles. The van der Waals surface area contributed by atoms with Gasteiger partial charge in [0, 0.05) is 35.4 Å². The molecule has 0 atom stereocenters. The number of benzene rings is 2. The normalized spacial score (nSPS) is 11.1. The first kappa shape index (κ1) is 12.6. The third-order valence-electron chi connectivity index (χ3n) is 3.71. The van der Waals surface area contributed by atoms with Crippen molar-refractivity contribution >= 4 is 16.6 Å². The molecule has 2 aromatic carbocycles. The van der Waals surface area contributed by atoms with Crippen LogP contribution in [0.2, 0.25) is 0 Å². The van der Waals surface area contributed by atoms with E-state index in [2.05, 4.69) is 26.9 Å². The molecule has 0 saturated carbocycles. The van der Waals surface area contributed by atoms with Gasteiger partial charge in [-0.3, -0.25) is 0 Å². The Hall–Kier alpha value is -3.08. The van der Waals surface area contributed by atoms with E-state index in [0.29, 0.717) is 17.5 Å². The molecule has 5 heteroatoms. The van der Waals surface area contributed by atoms with E-state index in [-0.39, 0.29) is 0 Å². The molecule has 4 aromatic rings. The molecule has 0 saturated heterocycles. The maximum atomic E-state index is 5.84. The van der Waals surface area contributed by atoms with Gasteiger partial charge in [-0.1, -0.05) is 18.2 Å². The molecule has 22 heavy (non-hydrogen) atoms. The number of nitrogens with two attached hydrogens (primary N) is 1. The van der Waals surface area contributed by atoms with Crippen LogP contribution in [0.1, 0.15) is 0 Å². The monoisotopic (exact) mass is 290 g/mol. The maximum absolute atomic E-state index is 5.84. The first-order valence-electron chi connectivity index (χ1n) is 6.96. The van der Waals surface area contributed by atoms with Crippen molar-refractivity contribution in [2.24, 2.45) is 7.05 Å². The SMILES string of the molecule is Cn1cc(-c2nnc(-c3ccc(N)cc3)o2)c2ccccc21. The van der Waals surface area contributed by atoms with Crippen molar-refractivity contribution in [2.75, 3.05) is 5.73 Å². The molecule has 2 N–H and O–H groups in total. The Morgan fingerprint density at radius 3 is 2.50 bits per heavy atom. The number of rotatable bonds is 2. The van der Waals surface area contributed by atoms with E-state index in [1.807, 2.05) is 49.6 Å². The summed E-state index contributed by atoms with van der Waals surface area (Å²) in [7, 11) is 2.00. The molecule has 0 radical (unpaired) electrons. The van der Waals surface area contributed by atoms with Crippen LogP contribution < -0.4 is 5.73 Å². The van der Waals surface area contributed by atoms with Crippen LogP contribution in [0.3, 0.4) is 0 Å². The Balaban J connectivity index is 1.82. The number of nitrogen functional groups attached to an aromatic ring is 1. The summed E-state index contributed by atoms with van der Waals surface area (Å²) in [4.78, 5) is 0. The largest absolute Gasteiger partial charge is 0.416 e. The van der Waals surface area contributed by atoms with Crippen LogP contribution in [0.4, 0.5) is 5.69 Å². The van der Waals surface area contributed by atoms with Gasteiger partial charge in [0.25, 0.3) is 0 Å². The molecular weight excluding hydrogens is 276 g/mol. The number of hydrogen-bond donors (Lipinski definition) is 1. The van der Waals surface area contributed by atoms with Crippen LogP contribution in [-0.2, 0) is 7.05 Å². The van der Waals surface area contributed by atoms with Crippen molar-refractivity contribution in [2.45, 2.75) is 0 Å². The number of anilines is 1. The highest BCUT2D eigenvalue weighted by Gasteiger charge is 2.15. The van der Waals surface area contributed by atoms with Gasteiger partial charge in [0.15, 0.2) is 0 Å². The Bertz CT molecular complexity index is 950. The third-order valence-corrected chi connectivity index (χ3v) is 3.71. The van der Waals surface area contributed by atoms with Crippen LogP contribution in [0.25, 0.3) is 33.8 Å². The zero-order valence-electron chi connectivity index (χ0n) is 12.0. The predicted molar refractivity (Wildman–Crippen MR) is 86.1 cm³/mol. The molecular formula is C17H14N4O. The maximum Gasteiger partial charge on any atom is 0.250 e. The van der Waals surface area contributed by atoms with E-state index in [1.54, 1.807) is 0 Å². The summed E-state index contributed by atoms with van der Waals surface area (Å²) >= 11 is 0. The van der Waals surface area contributed by atoms with Gasteiger partial charge >= 0.3 is 0 Å². The van der Waals surface area contributed by atoms with Crippen LogP contribution in [0, 0.1) is 0 Å². The van der Waals surface area contributed by atoms with Gasteiger partial charge in [-0.2, -0.15) is 0 Å². The van der Waals surface area contributed by atoms with Gasteiger partial charge in [-0.25, -0.2) is 0 Å². The average Bonchev–Trinajstić information content (AvgIpc) is 3.14. The zero-order chi connectivity index (χ0) is 15.1. The molecule has 108 valence electrons. The van der Waals surface area contributed by atoms with Gasteiger partial charge in [-0.05, 0) is 30.3 Å². The Morgan fingerprint density at radius 2 is 1.68 bits per heavy atom. The highest BCUT2D eigenvalue weighted by molar-refractivity contribution is 5.94. The minimum atomic E-state index is 0.489. The van der Waals surface area contributed by atoms with Crippen LogP contribution in [0.15, 0.2) is 59.1 Å². The van der Waals surface area contributed by atoms with Crippen molar-refractivity contribution < 1.29 is 4.42 Å². The second-order valence-corrected chi connectivity index (χ2v) is 5.21. The van der Waals surface area contributed by atoms with Gasteiger partial charge in [0.2, 0.25) is 11.8 Å².